The normalized spacial score (nSPS) is 14.8. The molecule has 0 aliphatic carbocycles. The number of benzene rings is 3. The molecule has 0 saturated carbocycles. The molecule has 0 amide bonds. The van der Waals surface area contributed by atoms with Gasteiger partial charge in [-0.25, -0.2) is 12.8 Å². The second-order valence-corrected chi connectivity index (χ2v) is 10.5. The maximum atomic E-state index is 14.2. The Bertz CT molecular complexity index is 1540. The molecule has 1 fully saturated rings. The van der Waals surface area contributed by atoms with Crippen molar-refractivity contribution in [2.45, 2.75) is 11.6 Å². The standard InChI is InChI=1S/C25H25FN4O4S2/c1-33-19-8-6-18(7-9-19)27-36(31,32)20-10-11-24-23(16-20)30(25(35)34-24)17-28-12-14-29(15-13-28)22-5-3-2-4-21(22)26/h2-11,16,27H,12-15,17H2,1H3. The minimum absolute atomic E-state index is 0.0970. The molecule has 0 atom stereocenters. The van der Waals surface area contributed by atoms with Crippen LogP contribution in [0.25, 0.3) is 11.1 Å². The lowest BCUT2D eigenvalue weighted by Crippen LogP contribution is -2.47. The number of oxazole rings is 1. The highest BCUT2D eigenvalue weighted by Gasteiger charge is 2.22. The van der Waals surface area contributed by atoms with E-state index in [-0.39, 0.29) is 15.6 Å². The summed E-state index contributed by atoms with van der Waals surface area (Å²) in [4.78, 5) is 4.56. The first-order valence-corrected chi connectivity index (χ1v) is 13.3. The number of rotatable bonds is 7. The molecule has 2 heterocycles. The van der Waals surface area contributed by atoms with E-state index in [2.05, 4.69) is 9.62 Å². The van der Waals surface area contributed by atoms with Gasteiger partial charge in [-0.3, -0.25) is 14.2 Å². The SMILES string of the molecule is COc1ccc(NS(=O)(=O)c2ccc3oc(=S)n(CN4CCN(c5ccccc5F)CC4)c3c2)cc1. The molecular formula is C25H25FN4O4S2. The number of anilines is 2. The Morgan fingerprint density at radius 2 is 1.75 bits per heavy atom. The molecule has 8 nitrogen and oxygen atoms in total. The number of nitrogens with one attached hydrogen (secondary N) is 1. The predicted octanol–water partition coefficient (Wildman–Crippen LogP) is 4.69. The maximum Gasteiger partial charge on any atom is 0.270 e. The smallest absolute Gasteiger partial charge is 0.270 e. The van der Waals surface area contributed by atoms with Crippen molar-refractivity contribution < 1.29 is 22.0 Å². The Kier molecular flexibility index (Phi) is 6.69. The van der Waals surface area contributed by atoms with Crippen LogP contribution in [0, 0.1) is 10.7 Å². The van der Waals surface area contributed by atoms with E-state index in [9.17, 15) is 12.8 Å². The van der Waals surface area contributed by atoms with Crippen molar-refractivity contribution in [3.8, 4) is 5.75 Å². The molecule has 5 rings (SSSR count). The van der Waals surface area contributed by atoms with E-state index >= 15 is 0 Å². The number of methoxy groups -OCH3 is 1. The van der Waals surface area contributed by atoms with Gasteiger partial charge in [-0.05, 0) is 66.8 Å². The summed E-state index contributed by atoms with van der Waals surface area (Å²) in [6.07, 6.45) is 0. The van der Waals surface area contributed by atoms with Crippen LogP contribution in [-0.4, -0.2) is 51.2 Å². The fourth-order valence-electron chi connectivity index (χ4n) is 4.25. The van der Waals surface area contributed by atoms with Crippen LogP contribution >= 0.6 is 12.2 Å². The summed E-state index contributed by atoms with van der Waals surface area (Å²) in [6, 6.07) is 18.1. The summed E-state index contributed by atoms with van der Waals surface area (Å²) in [6.45, 7) is 3.15. The molecular weight excluding hydrogens is 503 g/mol. The molecule has 1 aliphatic heterocycles. The lowest BCUT2D eigenvalue weighted by Gasteiger charge is -2.36. The zero-order valence-corrected chi connectivity index (χ0v) is 21.2. The highest BCUT2D eigenvalue weighted by atomic mass is 32.2. The average Bonchev–Trinajstić information content (AvgIpc) is 3.19. The van der Waals surface area contributed by atoms with Gasteiger partial charge in [-0.1, -0.05) is 12.1 Å². The molecule has 0 bridgehead atoms. The van der Waals surface area contributed by atoms with E-state index in [1.807, 2.05) is 11.0 Å². The molecule has 1 aromatic heterocycles. The lowest BCUT2D eigenvalue weighted by molar-refractivity contribution is 0.204. The molecule has 1 aliphatic rings. The van der Waals surface area contributed by atoms with E-state index < -0.39 is 10.0 Å². The van der Waals surface area contributed by atoms with Gasteiger partial charge in [0.1, 0.15) is 11.6 Å². The van der Waals surface area contributed by atoms with Gasteiger partial charge < -0.3 is 14.1 Å². The molecule has 4 aromatic rings. The van der Waals surface area contributed by atoms with Crippen molar-refractivity contribution in [1.82, 2.24) is 9.47 Å². The highest BCUT2D eigenvalue weighted by Crippen LogP contribution is 2.26. The Hall–Kier alpha value is -3.41. The number of halogens is 1. The fourth-order valence-corrected chi connectivity index (χ4v) is 5.58. The minimum atomic E-state index is -3.84. The topological polar surface area (TPSA) is 79.9 Å². The van der Waals surface area contributed by atoms with Crippen LogP contribution in [0.4, 0.5) is 15.8 Å². The van der Waals surface area contributed by atoms with Gasteiger partial charge >= 0.3 is 0 Å². The van der Waals surface area contributed by atoms with Gasteiger partial charge in [0.05, 0.1) is 29.9 Å². The molecule has 0 unspecified atom stereocenters. The number of ether oxygens (including phenoxy) is 1. The Balaban J connectivity index is 1.34. The number of sulfonamides is 1. The van der Waals surface area contributed by atoms with Crippen LogP contribution < -0.4 is 14.4 Å². The van der Waals surface area contributed by atoms with Gasteiger partial charge in [0.2, 0.25) is 0 Å². The third kappa shape index (κ3) is 4.95. The van der Waals surface area contributed by atoms with Crippen molar-refractivity contribution in [2.24, 2.45) is 0 Å². The zero-order valence-electron chi connectivity index (χ0n) is 19.6. The number of hydrogen-bond acceptors (Lipinski definition) is 7. The average molecular weight is 529 g/mol. The van der Waals surface area contributed by atoms with Crippen LogP contribution in [0.1, 0.15) is 0 Å². The van der Waals surface area contributed by atoms with Crippen molar-refractivity contribution in [2.75, 3.05) is 42.9 Å². The molecule has 0 spiro atoms. The van der Waals surface area contributed by atoms with Gasteiger partial charge in [-0.15, -0.1) is 0 Å². The lowest BCUT2D eigenvalue weighted by atomic mass is 10.2. The summed E-state index contributed by atoms with van der Waals surface area (Å²) in [5.41, 5.74) is 2.12. The second-order valence-electron chi connectivity index (χ2n) is 8.46. The van der Waals surface area contributed by atoms with E-state index in [0.717, 1.165) is 0 Å². The molecule has 3 aromatic carbocycles. The number of piperazine rings is 1. The number of aromatic nitrogens is 1. The molecule has 36 heavy (non-hydrogen) atoms. The van der Waals surface area contributed by atoms with E-state index in [1.54, 1.807) is 60.2 Å². The van der Waals surface area contributed by atoms with Crippen molar-refractivity contribution in [1.29, 1.82) is 0 Å². The number of fused-ring (bicyclic) bond motifs is 1. The van der Waals surface area contributed by atoms with E-state index in [1.165, 1.54) is 12.1 Å². The van der Waals surface area contributed by atoms with E-state index in [0.29, 0.717) is 61.1 Å². The Morgan fingerprint density at radius 1 is 1.03 bits per heavy atom. The third-order valence-corrected chi connectivity index (χ3v) is 7.88. The Morgan fingerprint density at radius 3 is 2.44 bits per heavy atom. The maximum absolute atomic E-state index is 14.2. The summed E-state index contributed by atoms with van der Waals surface area (Å²) in [5.74, 6) is 0.400. The largest absolute Gasteiger partial charge is 0.497 e. The number of nitrogens with zero attached hydrogens (tertiary/aromatic N) is 3. The summed E-state index contributed by atoms with van der Waals surface area (Å²) in [7, 11) is -2.30. The van der Waals surface area contributed by atoms with Gasteiger partial charge in [0, 0.05) is 31.9 Å². The van der Waals surface area contributed by atoms with Gasteiger partial charge in [0.15, 0.2) is 5.58 Å². The van der Waals surface area contributed by atoms with Crippen LogP contribution in [0.3, 0.4) is 0 Å². The first-order valence-electron chi connectivity index (χ1n) is 11.4. The number of para-hydroxylation sites is 1. The summed E-state index contributed by atoms with van der Waals surface area (Å²) in [5, 5.41) is 0. The van der Waals surface area contributed by atoms with Crippen LogP contribution in [0.5, 0.6) is 5.75 Å². The van der Waals surface area contributed by atoms with Crippen molar-refractivity contribution >= 4 is 44.7 Å². The van der Waals surface area contributed by atoms with Crippen LogP contribution in [0.2, 0.25) is 0 Å². The fraction of sp³-hybridized carbons (Fsp3) is 0.240. The summed E-state index contributed by atoms with van der Waals surface area (Å²) < 4.78 is 55.5. The third-order valence-electron chi connectivity index (χ3n) is 6.20. The second kappa shape index (κ2) is 9.92. The first-order chi connectivity index (χ1) is 17.3. The molecule has 1 saturated heterocycles. The molecule has 188 valence electrons. The monoisotopic (exact) mass is 528 g/mol. The van der Waals surface area contributed by atoms with Crippen LogP contribution in [0.15, 0.2) is 76.0 Å². The van der Waals surface area contributed by atoms with Crippen molar-refractivity contribution in [3.63, 3.8) is 0 Å². The molecule has 0 radical (unpaired) electrons. The molecule has 1 N–H and O–H groups in total. The van der Waals surface area contributed by atoms with Crippen LogP contribution in [-0.2, 0) is 16.7 Å². The zero-order chi connectivity index (χ0) is 25.3. The van der Waals surface area contributed by atoms with Gasteiger partial charge in [-0.2, -0.15) is 0 Å². The minimum Gasteiger partial charge on any atom is -0.497 e. The first kappa shape index (κ1) is 24.3. The van der Waals surface area contributed by atoms with Gasteiger partial charge in [0.25, 0.3) is 14.9 Å². The quantitative estimate of drug-likeness (QED) is 0.349. The predicted molar refractivity (Wildman–Crippen MR) is 139 cm³/mol. The Labute approximate surface area is 213 Å². The molecule has 11 heteroatoms. The van der Waals surface area contributed by atoms with E-state index in [4.69, 9.17) is 21.4 Å². The summed E-state index contributed by atoms with van der Waals surface area (Å²) >= 11 is 5.44. The van der Waals surface area contributed by atoms with Crippen molar-refractivity contribution in [3.05, 3.63) is 77.4 Å². The number of hydrogen-bond donors (Lipinski definition) is 1. The highest BCUT2D eigenvalue weighted by molar-refractivity contribution is 7.92.